The number of nitrogens with one attached hydrogen (secondary N) is 2. The molecule has 0 unspecified atom stereocenters. The normalized spacial score (nSPS) is 10.3. The third-order valence-electron chi connectivity index (χ3n) is 3.58. The van der Waals surface area contributed by atoms with E-state index in [2.05, 4.69) is 20.6 Å². The van der Waals surface area contributed by atoms with E-state index in [1.165, 1.54) is 0 Å². The third-order valence-corrected chi connectivity index (χ3v) is 3.83. The fourth-order valence-corrected chi connectivity index (χ4v) is 2.45. The maximum Gasteiger partial charge on any atom is 0.322 e. The Labute approximate surface area is 155 Å². The average molecular weight is 369 g/mol. The Morgan fingerprint density at radius 2 is 1.73 bits per heavy atom. The molecule has 0 fully saturated rings. The number of rotatable bonds is 7. The Bertz CT molecular complexity index is 886. The van der Waals surface area contributed by atoms with Crippen molar-refractivity contribution in [2.75, 3.05) is 17.2 Å². The first-order valence-corrected chi connectivity index (χ1v) is 8.36. The molecule has 0 atom stereocenters. The maximum atomic E-state index is 10.8. The Balaban J connectivity index is 1.83. The summed E-state index contributed by atoms with van der Waals surface area (Å²) < 4.78 is 0. The molecule has 1 aromatic heterocycles. The van der Waals surface area contributed by atoms with Crippen LogP contribution in [0.1, 0.15) is 5.56 Å². The van der Waals surface area contributed by atoms with E-state index in [1.807, 2.05) is 60.7 Å². The predicted octanol–water partition coefficient (Wildman–Crippen LogP) is 3.91. The molecule has 3 rings (SSSR count). The SMILES string of the molecule is O=C(O)CNc1nc(NCc2ccc(Cl)cc2)cc(-c2ccccc2)n1. The molecule has 132 valence electrons. The molecular weight excluding hydrogens is 352 g/mol. The second-order valence-corrected chi connectivity index (χ2v) is 5.99. The van der Waals surface area contributed by atoms with Crippen LogP contribution in [0.2, 0.25) is 5.02 Å². The minimum atomic E-state index is -0.977. The first-order valence-electron chi connectivity index (χ1n) is 7.98. The number of halogens is 1. The summed E-state index contributed by atoms with van der Waals surface area (Å²) in [5, 5.41) is 15.5. The van der Waals surface area contributed by atoms with Crippen molar-refractivity contribution in [3.05, 3.63) is 71.2 Å². The highest BCUT2D eigenvalue weighted by Gasteiger charge is 2.08. The van der Waals surface area contributed by atoms with Crippen molar-refractivity contribution >= 4 is 29.3 Å². The van der Waals surface area contributed by atoms with E-state index in [0.717, 1.165) is 11.1 Å². The molecule has 6 nitrogen and oxygen atoms in total. The van der Waals surface area contributed by atoms with Gasteiger partial charge in [-0.15, -0.1) is 0 Å². The van der Waals surface area contributed by atoms with Crippen LogP contribution < -0.4 is 10.6 Å². The number of anilines is 2. The molecule has 0 aliphatic heterocycles. The van der Waals surface area contributed by atoms with Crippen LogP contribution in [0.3, 0.4) is 0 Å². The molecule has 0 spiro atoms. The molecule has 7 heteroatoms. The standard InChI is InChI=1S/C19H17ClN4O2/c20-15-8-6-13(7-9-15)11-21-17-10-16(14-4-2-1-3-5-14)23-19(24-17)22-12-18(25)26/h1-10H,11-12H2,(H,25,26)(H2,21,22,23,24). The smallest absolute Gasteiger partial charge is 0.322 e. The summed E-state index contributed by atoms with van der Waals surface area (Å²) in [5.74, 6) is -0.122. The first-order chi connectivity index (χ1) is 12.6. The van der Waals surface area contributed by atoms with Gasteiger partial charge in [0.25, 0.3) is 0 Å². The number of aliphatic carboxylic acids is 1. The molecule has 26 heavy (non-hydrogen) atoms. The van der Waals surface area contributed by atoms with Crippen LogP contribution in [0.15, 0.2) is 60.7 Å². The van der Waals surface area contributed by atoms with Crippen LogP contribution in [0.4, 0.5) is 11.8 Å². The van der Waals surface area contributed by atoms with E-state index in [4.69, 9.17) is 16.7 Å². The van der Waals surface area contributed by atoms with Gasteiger partial charge in [0.15, 0.2) is 0 Å². The minimum absolute atomic E-state index is 0.255. The molecule has 0 aliphatic carbocycles. The van der Waals surface area contributed by atoms with Gasteiger partial charge in [-0.25, -0.2) is 4.98 Å². The second kappa shape index (κ2) is 8.31. The number of carboxylic acid groups (broad SMARTS) is 1. The Morgan fingerprint density at radius 1 is 1.00 bits per heavy atom. The minimum Gasteiger partial charge on any atom is -0.480 e. The van der Waals surface area contributed by atoms with Crippen LogP contribution in [-0.2, 0) is 11.3 Å². The molecule has 2 aromatic carbocycles. The number of carbonyl (C=O) groups is 1. The lowest BCUT2D eigenvalue weighted by atomic mass is 10.1. The fraction of sp³-hybridized carbons (Fsp3) is 0.105. The summed E-state index contributed by atoms with van der Waals surface area (Å²) in [5.41, 5.74) is 2.67. The summed E-state index contributed by atoms with van der Waals surface area (Å²) >= 11 is 5.90. The number of benzene rings is 2. The topological polar surface area (TPSA) is 87.1 Å². The quantitative estimate of drug-likeness (QED) is 0.586. The van der Waals surface area contributed by atoms with Crippen LogP contribution in [-0.4, -0.2) is 27.6 Å². The monoisotopic (exact) mass is 368 g/mol. The molecule has 0 bridgehead atoms. The van der Waals surface area contributed by atoms with Crippen molar-refractivity contribution in [3.63, 3.8) is 0 Å². The molecule has 0 saturated carbocycles. The van der Waals surface area contributed by atoms with Crippen molar-refractivity contribution in [2.24, 2.45) is 0 Å². The number of nitrogens with zero attached hydrogens (tertiary/aromatic N) is 2. The van der Waals surface area contributed by atoms with E-state index in [1.54, 1.807) is 0 Å². The molecule has 0 amide bonds. The molecule has 0 radical (unpaired) electrons. The fourth-order valence-electron chi connectivity index (χ4n) is 2.32. The second-order valence-electron chi connectivity index (χ2n) is 5.56. The maximum absolute atomic E-state index is 10.8. The Kier molecular flexibility index (Phi) is 5.66. The molecule has 0 saturated heterocycles. The Morgan fingerprint density at radius 3 is 2.42 bits per heavy atom. The zero-order valence-electron chi connectivity index (χ0n) is 13.8. The van der Waals surface area contributed by atoms with Gasteiger partial charge >= 0.3 is 5.97 Å². The lowest BCUT2D eigenvalue weighted by molar-refractivity contribution is -0.134. The van der Waals surface area contributed by atoms with Gasteiger partial charge < -0.3 is 15.7 Å². The highest BCUT2D eigenvalue weighted by atomic mass is 35.5. The zero-order valence-corrected chi connectivity index (χ0v) is 14.6. The Hall–Kier alpha value is -3.12. The van der Waals surface area contributed by atoms with Gasteiger partial charge in [-0.05, 0) is 17.7 Å². The number of aromatic nitrogens is 2. The van der Waals surface area contributed by atoms with Crippen molar-refractivity contribution in [1.29, 1.82) is 0 Å². The van der Waals surface area contributed by atoms with Gasteiger partial charge in [0.05, 0.1) is 5.69 Å². The van der Waals surface area contributed by atoms with Crippen LogP contribution >= 0.6 is 11.6 Å². The number of hydrogen-bond donors (Lipinski definition) is 3. The van der Waals surface area contributed by atoms with Crippen molar-refractivity contribution in [3.8, 4) is 11.3 Å². The lowest BCUT2D eigenvalue weighted by Crippen LogP contribution is -2.15. The third kappa shape index (κ3) is 4.94. The number of hydrogen-bond acceptors (Lipinski definition) is 5. The summed E-state index contributed by atoms with van der Waals surface area (Å²) in [6.45, 7) is 0.301. The van der Waals surface area contributed by atoms with Crippen LogP contribution in [0.5, 0.6) is 0 Å². The van der Waals surface area contributed by atoms with E-state index < -0.39 is 5.97 Å². The van der Waals surface area contributed by atoms with Crippen molar-refractivity contribution in [2.45, 2.75) is 6.54 Å². The summed E-state index contributed by atoms with van der Waals surface area (Å²) in [6.07, 6.45) is 0. The van der Waals surface area contributed by atoms with Crippen molar-refractivity contribution < 1.29 is 9.90 Å². The summed E-state index contributed by atoms with van der Waals surface area (Å²) in [7, 11) is 0. The highest BCUT2D eigenvalue weighted by Crippen LogP contribution is 2.21. The molecule has 3 N–H and O–H groups in total. The zero-order chi connectivity index (χ0) is 18.4. The van der Waals surface area contributed by atoms with Crippen LogP contribution in [0.25, 0.3) is 11.3 Å². The van der Waals surface area contributed by atoms with Crippen molar-refractivity contribution in [1.82, 2.24) is 9.97 Å². The van der Waals surface area contributed by atoms with Gasteiger partial charge in [-0.3, -0.25) is 4.79 Å². The average Bonchev–Trinajstić information content (AvgIpc) is 2.66. The van der Waals surface area contributed by atoms with Gasteiger partial charge in [-0.2, -0.15) is 4.98 Å². The molecule has 1 heterocycles. The van der Waals surface area contributed by atoms with Gasteiger partial charge in [0, 0.05) is 23.2 Å². The van der Waals surface area contributed by atoms with E-state index >= 15 is 0 Å². The van der Waals surface area contributed by atoms with Gasteiger partial charge in [0.2, 0.25) is 5.95 Å². The predicted molar refractivity (Wildman–Crippen MR) is 102 cm³/mol. The van der Waals surface area contributed by atoms with Gasteiger partial charge in [0.1, 0.15) is 12.4 Å². The molecule has 0 aliphatic rings. The van der Waals surface area contributed by atoms with Crippen LogP contribution in [0, 0.1) is 0 Å². The van der Waals surface area contributed by atoms with Gasteiger partial charge in [-0.1, -0.05) is 54.1 Å². The molecule has 3 aromatic rings. The highest BCUT2D eigenvalue weighted by molar-refractivity contribution is 6.30. The first kappa shape index (κ1) is 17.7. The lowest BCUT2D eigenvalue weighted by Gasteiger charge is -2.11. The summed E-state index contributed by atoms with van der Waals surface area (Å²) in [6, 6.07) is 19.0. The number of carboxylic acids is 1. The van der Waals surface area contributed by atoms with E-state index in [9.17, 15) is 4.79 Å². The van der Waals surface area contributed by atoms with E-state index in [0.29, 0.717) is 23.1 Å². The molecular formula is C19H17ClN4O2. The largest absolute Gasteiger partial charge is 0.480 e. The summed E-state index contributed by atoms with van der Waals surface area (Å²) in [4.78, 5) is 19.5. The van der Waals surface area contributed by atoms with E-state index in [-0.39, 0.29) is 12.5 Å².